The Morgan fingerprint density at radius 3 is 2.45 bits per heavy atom. The van der Waals surface area contributed by atoms with E-state index in [-0.39, 0.29) is 5.91 Å². The van der Waals surface area contributed by atoms with Gasteiger partial charge in [-0.1, -0.05) is 42.0 Å². The summed E-state index contributed by atoms with van der Waals surface area (Å²) in [4.78, 5) is 13.9. The normalized spacial score (nSPS) is 10.3. The third-order valence-corrected chi connectivity index (χ3v) is 3.26. The number of nitrogens with zero attached hydrogens (tertiary/aromatic N) is 1. The van der Waals surface area contributed by atoms with Crippen LogP contribution >= 0.6 is 0 Å². The maximum absolute atomic E-state index is 12.2. The third-order valence-electron chi connectivity index (χ3n) is 3.26. The molecule has 0 heterocycles. The van der Waals surface area contributed by atoms with Gasteiger partial charge in [-0.15, -0.1) is 0 Å². The molecule has 0 aromatic heterocycles. The number of anilines is 1. The number of nitrogen functional groups attached to an aromatic ring is 1. The van der Waals surface area contributed by atoms with Crippen molar-refractivity contribution in [3.05, 3.63) is 65.2 Å². The molecule has 20 heavy (non-hydrogen) atoms. The van der Waals surface area contributed by atoms with E-state index >= 15 is 0 Å². The lowest BCUT2D eigenvalue weighted by molar-refractivity contribution is -0.129. The lowest BCUT2D eigenvalue weighted by Crippen LogP contribution is -2.27. The fourth-order valence-corrected chi connectivity index (χ4v) is 2.12. The smallest absolute Gasteiger partial charge is 0.227 e. The van der Waals surface area contributed by atoms with E-state index < -0.39 is 0 Å². The van der Waals surface area contributed by atoms with Crippen LogP contribution in [-0.4, -0.2) is 17.9 Å². The van der Waals surface area contributed by atoms with E-state index in [1.165, 1.54) is 5.56 Å². The molecular formula is C17H20N2O. The first-order valence-corrected chi connectivity index (χ1v) is 6.68. The van der Waals surface area contributed by atoms with Crippen LogP contribution in [0, 0.1) is 6.92 Å². The van der Waals surface area contributed by atoms with Crippen molar-refractivity contribution in [2.45, 2.75) is 19.9 Å². The number of benzene rings is 2. The molecule has 2 rings (SSSR count). The van der Waals surface area contributed by atoms with E-state index in [0.29, 0.717) is 13.0 Å². The van der Waals surface area contributed by atoms with Crippen molar-refractivity contribution in [1.82, 2.24) is 4.90 Å². The van der Waals surface area contributed by atoms with Gasteiger partial charge in [-0.05, 0) is 30.2 Å². The van der Waals surface area contributed by atoms with Crippen LogP contribution in [0.2, 0.25) is 0 Å². The fourth-order valence-electron chi connectivity index (χ4n) is 2.12. The standard InChI is InChI=1S/C17H20N2O/c1-13-4-3-5-15(10-13)11-17(20)19(2)12-14-6-8-16(18)9-7-14/h3-10H,11-12,18H2,1-2H3. The Kier molecular flexibility index (Phi) is 4.41. The number of nitrogens with two attached hydrogens (primary N) is 1. The van der Waals surface area contributed by atoms with Crippen LogP contribution in [0.3, 0.4) is 0 Å². The lowest BCUT2D eigenvalue weighted by atomic mass is 10.1. The molecule has 2 aromatic carbocycles. The molecule has 3 heteroatoms. The molecular weight excluding hydrogens is 248 g/mol. The maximum atomic E-state index is 12.2. The highest BCUT2D eigenvalue weighted by Gasteiger charge is 2.10. The Morgan fingerprint density at radius 1 is 1.10 bits per heavy atom. The van der Waals surface area contributed by atoms with E-state index in [9.17, 15) is 4.79 Å². The van der Waals surface area contributed by atoms with Crippen LogP contribution in [0.1, 0.15) is 16.7 Å². The van der Waals surface area contributed by atoms with E-state index in [4.69, 9.17) is 5.73 Å². The van der Waals surface area contributed by atoms with Crippen LogP contribution in [0.4, 0.5) is 5.69 Å². The van der Waals surface area contributed by atoms with Crippen LogP contribution in [0.15, 0.2) is 48.5 Å². The summed E-state index contributed by atoms with van der Waals surface area (Å²) < 4.78 is 0. The highest BCUT2D eigenvalue weighted by Crippen LogP contribution is 2.10. The van der Waals surface area contributed by atoms with Gasteiger partial charge < -0.3 is 10.6 Å². The van der Waals surface area contributed by atoms with Gasteiger partial charge in [0.05, 0.1) is 6.42 Å². The Balaban J connectivity index is 1.96. The molecule has 3 nitrogen and oxygen atoms in total. The van der Waals surface area contributed by atoms with Gasteiger partial charge in [-0.3, -0.25) is 4.79 Å². The molecule has 0 saturated carbocycles. The first-order chi connectivity index (χ1) is 9.54. The van der Waals surface area contributed by atoms with Crippen molar-refractivity contribution in [2.75, 3.05) is 12.8 Å². The van der Waals surface area contributed by atoms with Crippen LogP contribution in [-0.2, 0) is 17.8 Å². The minimum Gasteiger partial charge on any atom is -0.399 e. The van der Waals surface area contributed by atoms with Crippen molar-refractivity contribution in [1.29, 1.82) is 0 Å². The monoisotopic (exact) mass is 268 g/mol. The molecule has 0 unspecified atom stereocenters. The number of rotatable bonds is 4. The number of carbonyl (C=O) groups is 1. The molecule has 0 atom stereocenters. The van der Waals surface area contributed by atoms with Gasteiger partial charge in [0, 0.05) is 19.3 Å². The molecule has 0 bridgehead atoms. The van der Waals surface area contributed by atoms with E-state index in [1.807, 2.05) is 56.4 Å². The van der Waals surface area contributed by atoms with E-state index in [2.05, 4.69) is 6.07 Å². The number of likely N-dealkylation sites (N-methyl/N-ethyl adjacent to an activating group) is 1. The quantitative estimate of drug-likeness (QED) is 0.867. The average molecular weight is 268 g/mol. The minimum atomic E-state index is 0.118. The zero-order chi connectivity index (χ0) is 14.5. The summed E-state index contributed by atoms with van der Waals surface area (Å²) in [5.74, 6) is 0.118. The van der Waals surface area contributed by atoms with Gasteiger partial charge >= 0.3 is 0 Å². The molecule has 1 amide bonds. The lowest BCUT2D eigenvalue weighted by Gasteiger charge is -2.17. The molecule has 0 aliphatic rings. The van der Waals surface area contributed by atoms with Gasteiger partial charge in [-0.25, -0.2) is 0 Å². The second kappa shape index (κ2) is 6.24. The summed E-state index contributed by atoms with van der Waals surface area (Å²) in [5.41, 5.74) is 9.71. The molecule has 0 radical (unpaired) electrons. The summed E-state index contributed by atoms with van der Waals surface area (Å²) in [5, 5.41) is 0. The zero-order valence-corrected chi connectivity index (χ0v) is 12.0. The number of carbonyl (C=O) groups excluding carboxylic acids is 1. The second-order valence-electron chi connectivity index (χ2n) is 5.16. The molecule has 104 valence electrons. The Hall–Kier alpha value is -2.29. The fraction of sp³-hybridized carbons (Fsp3) is 0.235. The SMILES string of the molecule is Cc1cccc(CC(=O)N(C)Cc2ccc(N)cc2)c1. The van der Waals surface area contributed by atoms with Gasteiger partial charge in [-0.2, -0.15) is 0 Å². The van der Waals surface area contributed by atoms with Crippen LogP contribution in [0.5, 0.6) is 0 Å². The van der Waals surface area contributed by atoms with Crippen LogP contribution < -0.4 is 5.73 Å². The molecule has 0 aliphatic carbocycles. The Bertz CT molecular complexity index is 590. The van der Waals surface area contributed by atoms with Gasteiger partial charge in [0.15, 0.2) is 0 Å². The number of hydrogen-bond acceptors (Lipinski definition) is 2. The number of aryl methyl sites for hydroxylation is 1. The second-order valence-corrected chi connectivity index (χ2v) is 5.16. The molecule has 0 aliphatic heterocycles. The molecule has 0 spiro atoms. The van der Waals surface area contributed by atoms with Crippen molar-refractivity contribution < 1.29 is 4.79 Å². The van der Waals surface area contributed by atoms with Crippen molar-refractivity contribution in [3.8, 4) is 0 Å². The van der Waals surface area contributed by atoms with Crippen molar-refractivity contribution in [2.24, 2.45) is 0 Å². The highest BCUT2D eigenvalue weighted by atomic mass is 16.2. The highest BCUT2D eigenvalue weighted by molar-refractivity contribution is 5.78. The predicted molar refractivity (Wildman–Crippen MR) is 82.2 cm³/mol. The summed E-state index contributed by atoms with van der Waals surface area (Å²) in [7, 11) is 1.83. The van der Waals surface area contributed by atoms with Crippen molar-refractivity contribution >= 4 is 11.6 Å². The first-order valence-electron chi connectivity index (χ1n) is 6.68. The first kappa shape index (κ1) is 14.1. The van der Waals surface area contributed by atoms with E-state index in [1.54, 1.807) is 4.90 Å². The van der Waals surface area contributed by atoms with Crippen LogP contribution in [0.25, 0.3) is 0 Å². The predicted octanol–water partition coefficient (Wildman–Crippen LogP) is 2.78. The van der Waals surface area contributed by atoms with E-state index in [0.717, 1.165) is 16.8 Å². The topological polar surface area (TPSA) is 46.3 Å². The number of amides is 1. The summed E-state index contributed by atoms with van der Waals surface area (Å²) in [6.07, 6.45) is 0.438. The molecule has 2 aromatic rings. The molecule has 0 saturated heterocycles. The number of hydrogen-bond donors (Lipinski definition) is 1. The third kappa shape index (κ3) is 3.85. The largest absolute Gasteiger partial charge is 0.399 e. The molecule has 0 fully saturated rings. The van der Waals surface area contributed by atoms with Crippen molar-refractivity contribution in [3.63, 3.8) is 0 Å². The summed E-state index contributed by atoms with van der Waals surface area (Å²) in [6.45, 7) is 2.64. The van der Waals surface area contributed by atoms with Gasteiger partial charge in [0.25, 0.3) is 0 Å². The molecule has 2 N–H and O–H groups in total. The zero-order valence-electron chi connectivity index (χ0n) is 12.0. The summed E-state index contributed by atoms with van der Waals surface area (Å²) in [6, 6.07) is 15.7. The minimum absolute atomic E-state index is 0.118. The maximum Gasteiger partial charge on any atom is 0.227 e. The van der Waals surface area contributed by atoms with Gasteiger partial charge in [0.1, 0.15) is 0 Å². The average Bonchev–Trinajstić information content (AvgIpc) is 2.41. The Labute approximate surface area is 120 Å². The van der Waals surface area contributed by atoms with Gasteiger partial charge in [0.2, 0.25) is 5.91 Å². The summed E-state index contributed by atoms with van der Waals surface area (Å²) >= 11 is 0. The Morgan fingerprint density at radius 2 is 1.80 bits per heavy atom.